The van der Waals surface area contributed by atoms with Crippen molar-refractivity contribution in [2.75, 3.05) is 6.54 Å². The highest BCUT2D eigenvalue weighted by molar-refractivity contribution is 5.98. The molecule has 2 aromatic heterocycles. The van der Waals surface area contributed by atoms with Crippen molar-refractivity contribution < 1.29 is 9.32 Å². The van der Waals surface area contributed by atoms with Gasteiger partial charge in [0.2, 0.25) is 0 Å². The van der Waals surface area contributed by atoms with E-state index in [0.29, 0.717) is 29.5 Å². The summed E-state index contributed by atoms with van der Waals surface area (Å²) in [5, 5.41) is 12.8. The highest BCUT2D eigenvalue weighted by Crippen LogP contribution is 2.34. The van der Waals surface area contributed by atoms with E-state index in [9.17, 15) is 4.79 Å². The van der Waals surface area contributed by atoms with E-state index in [0.717, 1.165) is 47.1 Å². The summed E-state index contributed by atoms with van der Waals surface area (Å²) >= 11 is 0. The van der Waals surface area contributed by atoms with Gasteiger partial charge in [-0.2, -0.15) is 20.0 Å². The minimum absolute atomic E-state index is 0.0750. The minimum Gasteiger partial charge on any atom is -0.334 e. The predicted octanol–water partition coefficient (Wildman–Crippen LogP) is 4.78. The predicted molar refractivity (Wildman–Crippen MR) is 128 cm³/mol. The first-order valence-corrected chi connectivity index (χ1v) is 11.7. The smallest absolute Gasteiger partial charge is 0.258 e. The second-order valence-corrected chi connectivity index (χ2v) is 8.90. The zero-order chi connectivity index (χ0) is 23.8. The third-order valence-corrected chi connectivity index (χ3v) is 6.61. The van der Waals surface area contributed by atoms with Crippen molar-refractivity contribution in [3.05, 3.63) is 76.4 Å². The lowest BCUT2D eigenvalue weighted by Gasteiger charge is -2.24. The fourth-order valence-electron chi connectivity index (χ4n) is 4.59. The van der Waals surface area contributed by atoms with E-state index in [4.69, 9.17) is 9.51 Å². The molecule has 1 aliphatic heterocycles. The van der Waals surface area contributed by atoms with Crippen LogP contribution in [0.15, 0.2) is 47.2 Å². The van der Waals surface area contributed by atoms with Crippen LogP contribution in [0.25, 0.3) is 17.1 Å². The molecule has 1 aliphatic rings. The maximum Gasteiger partial charge on any atom is 0.258 e. The van der Waals surface area contributed by atoms with E-state index in [1.807, 2.05) is 37.8 Å². The Balaban J connectivity index is 1.49. The molecule has 0 unspecified atom stereocenters. The van der Waals surface area contributed by atoms with Crippen LogP contribution in [0.5, 0.6) is 0 Å². The van der Waals surface area contributed by atoms with Crippen LogP contribution >= 0.6 is 0 Å². The summed E-state index contributed by atoms with van der Waals surface area (Å²) in [6, 6.07) is 9.92. The van der Waals surface area contributed by atoms with Crippen LogP contribution in [0, 0.1) is 20.8 Å². The molecular formula is C26H28N6O2. The summed E-state index contributed by atoms with van der Waals surface area (Å²) in [6.45, 7) is 8.82. The Morgan fingerprint density at radius 3 is 2.62 bits per heavy atom. The SMILES string of the molecule is CCc1ccc(C)cc1-c1nc([C@@H]2CCCN2C(=O)c2cc(C)c(C)cc2-n2nccn2)no1. The molecule has 174 valence electrons. The van der Waals surface area contributed by atoms with Crippen LogP contribution in [0.1, 0.15) is 64.2 Å². The molecule has 0 spiro atoms. The van der Waals surface area contributed by atoms with Gasteiger partial charge in [-0.05, 0) is 74.9 Å². The number of amides is 1. The van der Waals surface area contributed by atoms with Gasteiger partial charge < -0.3 is 9.42 Å². The number of aromatic nitrogens is 5. The Morgan fingerprint density at radius 1 is 1.09 bits per heavy atom. The summed E-state index contributed by atoms with van der Waals surface area (Å²) < 4.78 is 5.69. The first-order valence-electron chi connectivity index (χ1n) is 11.7. The van der Waals surface area contributed by atoms with Crippen LogP contribution in [0.3, 0.4) is 0 Å². The number of nitrogens with zero attached hydrogens (tertiary/aromatic N) is 6. The minimum atomic E-state index is -0.236. The normalized spacial score (nSPS) is 15.8. The van der Waals surface area contributed by atoms with E-state index in [-0.39, 0.29) is 11.9 Å². The fraction of sp³-hybridized carbons (Fsp3) is 0.346. The maximum atomic E-state index is 13.8. The molecule has 8 heteroatoms. The van der Waals surface area contributed by atoms with Crippen LogP contribution in [-0.2, 0) is 6.42 Å². The van der Waals surface area contributed by atoms with E-state index in [2.05, 4.69) is 40.5 Å². The van der Waals surface area contributed by atoms with Crippen molar-refractivity contribution in [3.8, 4) is 17.1 Å². The molecule has 3 heterocycles. The number of carbonyl (C=O) groups excluding carboxylic acids is 1. The van der Waals surface area contributed by atoms with Gasteiger partial charge in [0.05, 0.1) is 29.7 Å². The Labute approximate surface area is 198 Å². The van der Waals surface area contributed by atoms with Crippen molar-refractivity contribution in [2.45, 2.75) is 53.0 Å². The summed E-state index contributed by atoms with van der Waals surface area (Å²) in [6.07, 6.45) is 5.76. The molecular weight excluding hydrogens is 428 g/mol. The average molecular weight is 457 g/mol. The maximum absolute atomic E-state index is 13.8. The third-order valence-electron chi connectivity index (χ3n) is 6.61. The van der Waals surface area contributed by atoms with Crippen LogP contribution in [-0.4, -0.2) is 42.5 Å². The summed E-state index contributed by atoms with van der Waals surface area (Å²) in [4.78, 5) is 21.9. The van der Waals surface area contributed by atoms with Crippen molar-refractivity contribution in [3.63, 3.8) is 0 Å². The van der Waals surface area contributed by atoms with E-state index in [1.165, 1.54) is 4.80 Å². The molecule has 5 rings (SSSR count). The highest BCUT2D eigenvalue weighted by atomic mass is 16.5. The van der Waals surface area contributed by atoms with Gasteiger partial charge in [-0.3, -0.25) is 4.79 Å². The van der Waals surface area contributed by atoms with Gasteiger partial charge in [-0.15, -0.1) is 0 Å². The number of hydrogen-bond acceptors (Lipinski definition) is 6. The largest absolute Gasteiger partial charge is 0.334 e. The molecule has 1 atom stereocenters. The molecule has 1 saturated heterocycles. The number of benzene rings is 2. The standard InChI is InChI=1S/C26H28N6O2/c1-5-19-9-8-16(2)13-20(19)25-29-24(30-34-25)22-7-6-12-31(22)26(33)21-14-17(3)18(4)15-23(21)32-27-10-11-28-32/h8-11,13-15,22H,5-7,12H2,1-4H3/t22-/m0/s1. The molecule has 8 nitrogen and oxygen atoms in total. The zero-order valence-corrected chi connectivity index (χ0v) is 19.9. The first-order chi connectivity index (χ1) is 16.5. The van der Waals surface area contributed by atoms with Gasteiger partial charge in [-0.1, -0.05) is 29.8 Å². The molecule has 4 aromatic rings. The Bertz CT molecular complexity index is 1340. The monoisotopic (exact) mass is 456 g/mol. The zero-order valence-electron chi connectivity index (χ0n) is 19.9. The van der Waals surface area contributed by atoms with Crippen molar-refractivity contribution >= 4 is 5.91 Å². The molecule has 0 aliphatic carbocycles. The van der Waals surface area contributed by atoms with Crippen molar-refractivity contribution in [1.82, 2.24) is 30.0 Å². The summed E-state index contributed by atoms with van der Waals surface area (Å²) in [5.74, 6) is 0.975. The van der Waals surface area contributed by atoms with Gasteiger partial charge >= 0.3 is 0 Å². The van der Waals surface area contributed by atoms with Crippen LogP contribution in [0.4, 0.5) is 0 Å². The number of carbonyl (C=O) groups is 1. The fourth-order valence-corrected chi connectivity index (χ4v) is 4.59. The van der Waals surface area contributed by atoms with Crippen LogP contribution < -0.4 is 0 Å². The number of rotatable bonds is 5. The average Bonchev–Trinajstić information content (AvgIpc) is 3.61. The third kappa shape index (κ3) is 3.89. The quantitative estimate of drug-likeness (QED) is 0.429. The second-order valence-electron chi connectivity index (χ2n) is 8.90. The van der Waals surface area contributed by atoms with E-state index in [1.54, 1.807) is 12.4 Å². The van der Waals surface area contributed by atoms with Gasteiger partial charge in [0.1, 0.15) is 0 Å². The number of aryl methyl sites for hydroxylation is 4. The molecule has 2 aromatic carbocycles. The molecule has 0 N–H and O–H groups in total. The molecule has 1 amide bonds. The van der Waals surface area contributed by atoms with Gasteiger partial charge in [0.25, 0.3) is 11.8 Å². The summed E-state index contributed by atoms with van der Waals surface area (Å²) in [5.41, 5.74) is 6.62. The lowest BCUT2D eigenvalue weighted by molar-refractivity contribution is 0.0728. The highest BCUT2D eigenvalue weighted by Gasteiger charge is 2.35. The second kappa shape index (κ2) is 8.85. The Kier molecular flexibility index (Phi) is 5.73. The Hall–Kier alpha value is -3.81. The van der Waals surface area contributed by atoms with Crippen LogP contribution in [0.2, 0.25) is 0 Å². The molecule has 0 bridgehead atoms. The summed E-state index contributed by atoms with van der Waals surface area (Å²) in [7, 11) is 0. The Morgan fingerprint density at radius 2 is 1.85 bits per heavy atom. The number of hydrogen-bond donors (Lipinski definition) is 0. The van der Waals surface area contributed by atoms with Crippen molar-refractivity contribution in [2.24, 2.45) is 0 Å². The van der Waals surface area contributed by atoms with Gasteiger partial charge in [0, 0.05) is 12.1 Å². The lowest BCUT2D eigenvalue weighted by atomic mass is 10.0. The number of likely N-dealkylation sites (tertiary alicyclic amines) is 1. The van der Waals surface area contributed by atoms with Gasteiger partial charge in [-0.25, -0.2) is 0 Å². The molecule has 1 fully saturated rings. The van der Waals surface area contributed by atoms with Gasteiger partial charge in [0.15, 0.2) is 5.82 Å². The lowest BCUT2D eigenvalue weighted by Crippen LogP contribution is -2.32. The first kappa shape index (κ1) is 22.0. The topological polar surface area (TPSA) is 89.9 Å². The van der Waals surface area contributed by atoms with E-state index < -0.39 is 0 Å². The molecule has 0 radical (unpaired) electrons. The molecule has 0 saturated carbocycles. The van der Waals surface area contributed by atoms with Crippen molar-refractivity contribution in [1.29, 1.82) is 0 Å². The molecule has 34 heavy (non-hydrogen) atoms. The van der Waals surface area contributed by atoms with E-state index >= 15 is 0 Å².